The number of allylic oxidation sites excluding steroid dienone is 1. The first kappa shape index (κ1) is 34.6. The van der Waals surface area contributed by atoms with E-state index in [-0.39, 0.29) is 37.6 Å². The Balaban J connectivity index is 1.19. The van der Waals surface area contributed by atoms with Gasteiger partial charge in [0.25, 0.3) is 11.5 Å². The molecule has 3 amide bonds. The number of hydrogen-bond donors (Lipinski definition) is 3. The van der Waals surface area contributed by atoms with Gasteiger partial charge in [-0.1, -0.05) is 42.8 Å². The number of carbonyl (C=O) groups is 3. The Morgan fingerprint density at radius 2 is 1.80 bits per heavy atom. The van der Waals surface area contributed by atoms with Gasteiger partial charge in [0, 0.05) is 41.2 Å². The minimum absolute atomic E-state index is 0.0674. The Kier molecular flexibility index (Phi) is 9.91. The number of nitrogens with one attached hydrogen (secondary N) is 3. The van der Waals surface area contributed by atoms with Gasteiger partial charge in [-0.25, -0.2) is 4.68 Å². The third-order valence-corrected chi connectivity index (χ3v) is 10.4. The van der Waals surface area contributed by atoms with Crippen molar-refractivity contribution in [1.29, 1.82) is 0 Å². The van der Waals surface area contributed by atoms with Crippen LogP contribution < -0.4 is 21.5 Å². The van der Waals surface area contributed by atoms with Gasteiger partial charge in [-0.2, -0.15) is 5.10 Å². The van der Waals surface area contributed by atoms with E-state index in [2.05, 4.69) is 69.4 Å². The van der Waals surface area contributed by atoms with Crippen molar-refractivity contribution in [3.8, 4) is 5.00 Å². The van der Waals surface area contributed by atoms with E-state index in [0.717, 1.165) is 49.0 Å². The van der Waals surface area contributed by atoms with E-state index >= 15 is 0 Å². The molecule has 50 heavy (non-hydrogen) atoms. The molecule has 2 aliphatic heterocycles. The third-order valence-electron chi connectivity index (χ3n) is 9.23. The van der Waals surface area contributed by atoms with Crippen molar-refractivity contribution in [2.24, 2.45) is 4.99 Å². The number of thiophene rings is 1. The number of amides is 3. The van der Waals surface area contributed by atoms with Gasteiger partial charge in [-0.15, -0.1) is 21.5 Å². The molecule has 5 heterocycles. The average Bonchev–Trinajstić information content (AvgIpc) is 3.57. The monoisotopic (exact) mass is 695 g/mol. The van der Waals surface area contributed by atoms with Crippen LogP contribution in [0.2, 0.25) is 0 Å². The molecule has 2 unspecified atom stereocenters. The topological polar surface area (TPSA) is 165 Å². The van der Waals surface area contributed by atoms with Gasteiger partial charge < -0.3 is 10.6 Å². The summed E-state index contributed by atoms with van der Waals surface area (Å²) in [6.07, 6.45) is 4.33. The van der Waals surface area contributed by atoms with Crippen LogP contribution in [0.3, 0.4) is 0 Å². The summed E-state index contributed by atoms with van der Waals surface area (Å²) in [5.41, 5.74) is 6.41. The third kappa shape index (κ3) is 6.54. The SMILES string of the molecule is C/C=C(/NCCNC(=O)CC1N=C(c2ccc(C)cc2)c2c(sc(C)c2C)-n2c(C)nnc21)c1c(CC)cnn(C2CCC(=O)NC2=O)c1=O. The van der Waals surface area contributed by atoms with Crippen LogP contribution in [-0.4, -0.2) is 61.1 Å². The highest BCUT2D eigenvalue weighted by Crippen LogP contribution is 2.39. The van der Waals surface area contributed by atoms with E-state index in [1.807, 2.05) is 32.3 Å². The minimum Gasteiger partial charge on any atom is -0.383 e. The zero-order valence-corrected chi connectivity index (χ0v) is 29.9. The van der Waals surface area contributed by atoms with Crippen molar-refractivity contribution in [2.75, 3.05) is 13.1 Å². The van der Waals surface area contributed by atoms with Gasteiger partial charge in [0.1, 0.15) is 22.9 Å². The van der Waals surface area contributed by atoms with Gasteiger partial charge >= 0.3 is 0 Å². The number of fused-ring (bicyclic) bond motifs is 3. The Bertz CT molecular complexity index is 2110. The predicted octanol–water partition coefficient (Wildman–Crippen LogP) is 3.71. The van der Waals surface area contributed by atoms with Crippen LogP contribution in [0.5, 0.6) is 0 Å². The molecular weight excluding hydrogens is 655 g/mol. The van der Waals surface area contributed by atoms with Gasteiger partial charge in [0.2, 0.25) is 11.8 Å². The lowest BCUT2D eigenvalue weighted by Crippen LogP contribution is -2.46. The molecule has 2 atom stereocenters. The molecule has 3 aromatic heterocycles. The number of aryl methyl sites for hydroxylation is 4. The number of aliphatic imine (C=N–C) groups is 1. The summed E-state index contributed by atoms with van der Waals surface area (Å²) in [7, 11) is 0. The fourth-order valence-corrected chi connectivity index (χ4v) is 7.63. The molecule has 260 valence electrons. The van der Waals surface area contributed by atoms with E-state index in [1.54, 1.807) is 23.6 Å². The zero-order chi connectivity index (χ0) is 35.7. The number of aromatic nitrogens is 5. The number of benzene rings is 1. The minimum atomic E-state index is -0.867. The highest BCUT2D eigenvalue weighted by Gasteiger charge is 2.33. The maximum Gasteiger partial charge on any atom is 0.277 e. The number of rotatable bonds is 10. The van der Waals surface area contributed by atoms with Crippen molar-refractivity contribution in [2.45, 2.75) is 79.3 Å². The molecule has 0 radical (unpaired) electrons. The number of imide groups is 1. The fourth-order valence-electron chi connectivity index (χ4n) is 6.41. The second-order valence-corrected chi connectivity index (χ2v) is 13.8. The molecule has 3 N–H and O–H groups in total. The normalized spacial score (nSPS) is 17.4. The van der Waals surface area contributed by atoms with E-state index < -0.39 is 23.6 Å². The maximum absolute atomic E-state index is 13.7. The van der Waals surface area contributed by atoms with Crippen molar-refractivity contribution in [1.82, 2.24) is 40.5 Å². The summed E-state index contributed by atoms with van der Waals surface area (Å²) in [6.45, 7) is 12.5. The molecule has 1 aromatic carbocycles. The Labute approximate surface area is 293 Å². The van der Waals surface area contributed by atoms with Gasteiger partial charge in [-0.3, -0.25) is 34.1 Å². The van der Waals surface area contributed by atoms with Crippen molar-refractivity contribution in [3.05, 3.63) is 96.8 Å². The van der Waals surface area contributed by atoms with E-state index in [9.17, 15) is 19.2 Å². The van der Waals surface area contributed by atoms with Crippen molar-refractivity contribution in [3.63, 3.8) is 0 Å². The summed E-state index contributed by atoms with van der Waals surface area (Å²) in [5, 5.41) is 22.7. The molecular formula is C36H41N9O4S. The molecule has 0 bridgehead atoms. The lowest BCUT2D eigenvalue weighted by molar-refractivity contribution is -0.136. The summed E-state index contributed by atoms with van der Waals surface area (Å²) < 4.78 is 3.19. The number of hydrogen-bond acceptors (Lipinski definition) is 10. The second kappa shape index (κ2) is 14.3. The smallest absolute Gasteiger partial charge is 0.277 e. The molecule has 0 aliphatic carbocycles. The second-order valence-electron chi connectivity index (χ2n) is 12.6. The molecule has 14 heteroatoms. The number of nitrogens with zero attached hydrogens (tertiary/aromatic N) is 6. The highest BCUT2D eigenvalue weighted by atomic mass is 32.1. The van der Waals surface area contributed by atoms with Crippen LogP contribution in [0.4, 0.5) is 0 Å². The molecule has 1 saturated heterocycles. The molecule has 0 spiro atoms. The molecule has 4 aromatic rings. The van der Waals surface area contributed by atoms with Gasteiger partial charge in [0.15, 0.2) is 5.82 Å². The van der Waals surface area contributed by atoms with E-state index in [1.165, 1.54) is 4.88 Å². The predicted molar refractivity (Wildman–Crippen MR) is 192 cm³/mol. The molecule has 13 nitrogen and oxygen atoms in total. The zero-order valence-electron chi connectivity index (χ0n) is 29.1. The first-order valence-electron chi connectivity index (χ1n) is 16.8. The lowest BCUT2D eigenvalue weighted by atomic mass is 9.99. The summed E-state index contributed by atoms with van der Waals surface area (Å²) in [5.74, 6) is 0.250. The average molecular weight is 696 g/mol. The molecule has 0 saturated carbocycles. The van der Waals surface area contributed by atoms with E-state index in [0.29, 0.717) is 30.1 Å². The largest absolute Gasteiger partial charge is 0.383 e. The molecule has 1 fully saturated rings. The van der Waals surface area contributed by atoms with Gasteiger partial charge in [0.05, 0.1) is 23.9 Å². The summed E-state index contributed by atoms with van der Waals surface area (Å²) in [6, 6.07) is 6.83. The van der Waals surface area contributed by atoms with Crippen molar-refractivity contribution >= 4 is 40.5 Å². The highest BCUT2D eigenvalue weighted by molar-refractivity contribution is 7.15. The quantitative estimate of drug-likeness (QED) is 0.167. The molecule has 2 aliphatic rings. The first-order valence-corrected chi connectivity index (χ1v) is 17.6. The number of carbonyl (C=O) groups excluding carboxylic acids is 3. The first-order chi connectivity index (χ1) is 24.0. The van der Waals surface area contributed by atoms with Crippen LogP contribution in [0.25, 0.3) is 10.7 Å². The van der Waals surface area contributed by atoms with Crippen LogP contribution >= 0.6 is 11.3 Å². The van der Waals surface area contributed by atoms with Crippen molar-refractivity contribution < 1.29 is 14.4 Å². The maximum atomic E-state index is 13.7. The number of piperidine rings is 1. The Morgan fingerprint density at radius 1 is 1.06 bits per heavy atom. The van der Waals surface area contributed by atoms with Crippen LogP contribution in [0.15, 0.2) is 46.3 Å². The fraction of sp³-hybridized carbons (Fsp3) is 0.389. The summed E-state index contributed by atoms with van der Waals surface area (Å²) in [4.78, 5) is 57.7. The lowest BCUT2D eigenvalue weighted by Gasteiger charge is -2.23. The standard InChI is InChI=1S/C36H41N9O4S/c1-7-23-18-39-45(27-13-14-28(46)41-34(27)48)35(49)31(23)25(8-2)37-15-16-38-29(47)17-26-33-43-42-22(6)44(33)36-30(20(4)21(5)50-36)32(40-26)24-11-9-19(3)10-12-24/h8-12,18,26-27,37H,7,13-17H2,1-6H3,(H,38,47)(H,41,46,48)/b25-8+. The summed E-state index contributed by atoms with van der Waals surface area (Å²) >= 11 is 1.67. The molecule has 6 rings (SSSR count). The van der Waals surface area contributed by atoms with E-state index in [4.69, 9.17) is 4.99 Å². The van der Waals surface area contributed by atoms with Gasteiger partial charge in [-0.05, 0) is 58.6 Å². The van der Waals surface area contributed by atoms with Crippen LogP contribution in [0.1, 0.15) is 95.1 Å². The van der Waals surface area contributed by atoms with Crippen LogP contribution in [0, 0.1) is 27.7 Å². The van der Waals surface area contributed by atoms with Crippen LogP contribution in [-0.2, 0) is 20.8 Å². The Hall–Kier alpha value is -5.24. The Morgan fingerprint density at radius 3 is 2.50 bits per heavy atom.